The number of aromatic nitrogens is 3. The van der Waals surface area contributed by atoms with E-state index < -0.39 is 35.7 Å². The maximum Gasteiger partial charge on any atom is 0.508 e. The van der Waals surface area contributed by atoms with Crippen molar-refractivity contribution in [1.29, 1.82) is 0 Å². The number of ether oxygens (including phenoxy) is 3. The molecule has 3 aliphatic rings. The topological polar surface area (TPSA) is 141 Å². The maximum absolute atomic E-state index is 12.0. The van der Waals surface area contributed by atoms with Crippen LogP contribution >= 0.6 is 0 Å². The fourth-order valence-electron chi connectivity index (χ4n) is 4.75. The highest BCUT2D eigenvalue weighted by atomic mass is 16.7. The Kier molecular flexibility index (Phi) is 4.03. The highest BCUT2D eigenvalue weighted by Gasteiger charge is 2.82. The first kappa shape index (κ1) is 18.6. The van der Waals surface area contributed by atoms with E-state index in [4.69, 9.17) is 19.9 Å². The van der Waals surface area contributed by atoms with Crippen LogP contribution in [-0.4, -0.2) is 61.5 Å². The second-order valence-corrected chi connectivity index (χ2v) is 8.35. The second-order valence-electron chi connectivity index (χ2n) is 8.35. The fourth-order valence-corrected chi connectivity index (χ4v) is 4.75. The smallest absolute Gasteiger partial charge is 0.434 e. The molecule has 0 bridgehead atoms. The third-order valence-corrected chi connectivity index (χ3v) is 6.53. The summed E-state index contributed by atoms with van der Waals surface area (Å²) in [7, 11) is 0. The van der Waals surface area contributed by atoms with Gasteiger partial charge >= 0.3 is 6.16 Å². The van der Waals surface area contributed by atoms with Crippen molar-refractivity contribution >= 4 is 17.5 Å². The van der Waals surface area contributed by atoms with Crippen molar-refractivity contribution in [3.8, 4) is 0 Å². The lowest BCUT2D eigenvalue weighted by Gasteiger charge is -2.32. The largest absolute Gasteiger partial charge is 0.508 e. The first-order valence-electron chi connectivity index (χ1n) is 9.86. The number of anilines is 1. The molecule has 2 aliphatic carbocycles. The summed E-state index contributed by atoms with van der Waals surface area (Å²) in [5, 5.41) is 26.0. The number of carbonyl (C=O) groups is 1. The molecule has 0 spiro atoms. The van der Waals surface area contributed by atoms with Crippen LogP contribution in [0.1, 0.15) is 38.3 Å². The first-order chi connectivity index (χ1) is 13.9. The van der Waals surface area contributed by atoms with Gasteiger partial charge in [0.2, 0.25) is 0 Å². The SMILES string of the molecule is C[C@@]1(c2ccc3c(N)ncnn23)O[C@@H]2C(OC(=O)OCC3CCCC3)[C@]2(O)[C@H]1O. The van der Waals surface area contributed by atoms with Gasteiger partial charge in [0.1, 0.15) is 29.7 Å². The zero-order valence-corrected chi connectivity index (χ0v) is 16.0. The van der Waals surface area contributed by atoms with Gasteiger partial charge in [-0.1, -0.05) is 12.8 Å². The van der Waals surface area contributed by atoms with Crippen molar-refractivity contribution in [2.75, 3.05) is 12.3 Å². The van der Waals surface area contributed by atoms with Crippen LogP contribution in [-0.2, 0) is 19.8 Å². The van der Waals surface area contributed by atoms with Crippen LogP contribution in [0.2, 0.25) is 0 Å². The minimum atomic E-state index is -1.70. The van der Waals surface area contributed by atoms with Gasteiger partial charge in [0.05, 0.1) is 12.3 Å². The number of hydrogen-bond donors (Lipinski definition) is 3. The van der Waals surface area contributed by atoms with Crippen LogP contribution in [0.5, 0.6) is 0 Å². The third-order valence-electron chi connectivity index (χ3n) is 6.53. The molecule has 1 unspecified atom stereocenters. The molecule has 2 aromatic rings. The highest BCUT2D eigenvalue weighted by molar-refractivity contribution is 5.66. The summed E-state index contributed by atoms with van der Waals surface area (Å²) in [4.78, 5) is 15.9. The Morgan fingerprint density at radius 1 is 1.41 bits per heavy atom. The van der Waals surface area contributed by atoms with Crippen molar-refractivity contribution in [1.82, 2.24) is 14.6 Å². The average Bonchev–Trinajstić information content (AvgIpc) is 3.19. The Balaban J connectivity index is 1.29. The van der Waals surface area contributed by atoms with Crippen molar-refractivity contribution in [3.05, 3.63) is 24.2 Å². The van der Waals surface area contributed by atoms with Crippen LogP contribution in [0.4, 0.5) is 10.6 Å². The van der Waals surface area contributed by atoms with E-state index >= 15 is 0 Å². The van der Waals surface area contributed by atoms with Gasteiger partial charge in [-0.15, -0.1) is 0 Å². The standard InChI is InChI=1S/C19H24N4O6/c1-18(12-7-6-11-15(20)21-9-22-23(11)12)16(24)19(26)13(14(19)29-18)28-17(25)27-8-10-4-2-3-5-10/h6-7,9-10,13-14,16,24,26H,2-5,8H2,1H3,(H2,20,21,22)/t13?,14-,16+,18+,19-/m1/s1. The number of aliphatic hydroxyl groups is 2. The van der Waals surface area contributed by atoms with Crippen molar-refractivity contribution < 1.29 is 29.2 Å². The molecule has 5 rings (SSSR count). The Labute approximate surface area is 166 Å². The van der Waals surface area contributed by atoms with E-state index in [1.54, 1.807) is 19.1 Å². The summed E-state index contributed by atoms with van der Waals surface area (Å²) in [5.41, 5.74) is 3.97. The molecule has 156 valence electrons. The summed E-state index contributed by atoms with van der Waals surface area (Å²) < 4.78 is 17.9. The Morgan fingerprint density at radius 2 is 2.17 bits per heavy atom. The van der Waals surface area contributed by atoms with Crippen LogP contribution < -0.4 is 5.73 Å². The van der Waals surface area contributed by atoms with E-state index in [2.05, 4.69) is 10.1 Å². The molecule has 0 amide bonds. The normalized spacial score (nSPS) is 36.3. The lowest BCUT2D eigenvalue weighted by atomic mass is 9.91. The van der Waals surface area contributed by atoms with Gasteiger partial charge in [0.15, 0.2) is 17.5 Å². The highest BCUT2D eigenvalue weighted by Crippen LogP contribution is 2.59. The van der Waals surface area contributed by atoms with Crippen LogP contribution in [0, 0.1) is 5.92 Å². The molecule has 1 saturated heterocycles. The maximum atomic E-state index is 12.0. The van der Waals surface area contributed by atoms with Crippen LogP contribution in [0.25, 0.3) is 5.52 Å². The molecule has 5 atom stereocenters. The number of nitrogen functional groups attached to an aromatic ring is 1. The monoisotopic (exact) mass is 404 g/mol. The van der Waals surface area contributed by atoms with Gasteiger partial charge in [0.25, 0.3) is 0 Å². The summed E-state index contributed by atoms with van der Waals surface area (Å²) in [6.45, 7) is 1.96. The molecule has 29 heavy (non-hydrogen) atoms. The molecule has 2 aromatic heterocycles. The van der Waals surface area contributed by atoms with E-state index in [1.165, 1.54) is 10.8 Å². The van der Waals surface area contributed by atoms with Crippen LogP contribution in [0.15, 0.2) is 18.5 Å². The van der Waals surface area contributed by atoms with E-state index in [1.807, 2.05) is 0 Å². The summed E-state index contributed by atoms with van der Waals surface area (Å²) in [5.74, 6) is 0.656. The van der Waals surface area contributed by atoms with E-state index in [-0.39, 0.29) is 5.82 Å². The van der Waals surface area contributed by atoms with Gasteiger partial charge in [-0.05, 0) is 37.8 Å². The van der Waals surface area contributed by atoms with Crippen molar-refractivity contribution in [2.45, 2.75) is 62.1 Å². The third kappa shape index (κ3) is 2.62. The quantitative estimate of drug-likeness (QED) is 0.629. The number of fused-ring (bicyclic) bond motifs is 2. The summed E-state index contributed by atoms with van der Waals surface area (Å²) in [6, 6.07) is 3.43. The van der Waals surface area contributed by atoms with Gasteiger partial charge in [0, 0.05) is 0 Å². The zero-order valence-electron chi connectivity index (χ0n) is 16.0. The van der Waals surface area contributed by atoms with Crippen molar-refractivity contribution in [2.24, 2.45) is 5.92 Å². The molecule has 1 aliphatic heterocycles. The fraction of sp³-hybridized carbons (Fsp3) is 0.632. The second kappa shape index (κ2) is 6.28. The van der Waals surface area contributed by atoms with Gasteiger partial charge in [-0.3, -0.25) is 0 Å². The molecule has 3 fully saturated rings. The molecule has 10 nitrogen and oxygen atoms in total. The number of rotatable bonds is 4. The lowest BCUT2D eigenvalue weighted by molar-refractivity contribution is -0.132. The predicted octanol–water partition coefficient (Wildman–Crippen LogP) is 0.743. The minimum absolute atomic E-state index is 0.289. The molecular weight excluding hydrogens is 380 g/mol. The molecule has 4 N–H and O–H groups in total. The Hall–Kier alpha value is -2.43. The average molecular weight is 404 g/mol. The van der Waals surface area contributed by atoms with Gasteiger partial charge in [-0.25, -0.2) is 14.3 Å². The van der Waals surface area contributed by atoms with E-state index in [0.717, 1.165) is 25.7 Å². The lowest BCUT2D eigenvalue weighted by Crippen LogP contribution is -2.46. The number of hydrogen-bond acceptors (Lipinski definition) is 9. The Morgan fingerprint density at radius 3 is 2.86 bits per heavy atom. The predicted molar refractivity (Wildman–Crippen MR) is 98.8 cm³/mol. The van der Waals surface area contributed by atoms with Gasteiger partial charge in [-0.2, -0.15) is 5.10 Å². The molecule has 3 heterocycles. The number of nitrogens with two attached hydrogens (primary N) is 1. The van der Waals surface area contributed by atoms with Crippen molar-refractivity contribution in [3.63, 3.8) is 0 Å². The molecule has 10 heteroatoms. The number of nitrogens with zero attached hydrogens (tertiary/aromatic N) is 3. The summed E-state index contributed by atoms with van der Waals surface area (Å²) >= 11 is 0. The molecule has 2 saturated carbocycles. The zero-order chi connectivity index (χ0) is 20.4. The number of aliphatic hydroxyl groups excluding tert-OH is 1. The number of carbonyl (C=O) groups excluding carboxylic acids is 1. The first-order valence-corrected chi connectivity index (χ1v) is 9.86. The van der Waals surface area contributed by atoms with E-state index in [9.17, 15) is 15.0 Å². The minimum Gasteiger partial charge on any atom is -0.434 e. The summed E-state index contributed by atoms with van der Waals surface area (Å²) in [6.07, 6.45) is 1.66. The Bertz CT molecular complexity index is 959. The van der Waals surface area contributed by atoms with E-state index in [0.29, 0.717) is 23.7 Å². The molecular formula is C19H24N4O6. The van der Waals surface area contributed by atoms with Gasteiger partial charge < -0.3 is 30.2 Å². The molecule has 0 radical (unpaired) electrons. The molecule has 0 aromatic carbocycles. The van der Waals surface area contributed by atoms with Crippen LogP contribution in [0.3, 0.4) is 0 Å².